The number of nitrogens with zero attached hydrogens (tertiary/aromatic N) is 1. The second kappa shape index (κ2) is 5.57. The predicted molar refractivity (Wildman–Crippen MR) is 75.9 cm³/mol. The molecule has 0 bridgehead atoms. The zero-order valence-corrected chi connectivity index (χ0v) is 11.7. The van der Waals surface area contributed by atoms with Gasteiger partial charge in [-0.25, -0.2) is 4.98 Å². The lowest BCUT2D eigenvalue weighted by atomic mass is 10.3. The van der Waals surface area contributed by atoms with Gasteiger partial charge in [-0.05, 0) is 12.1 Å². The van der Waals surface area contributed by atoms with Gasteiger partial charge in [0.2, 0.25) is 5.25 Å². The van der Waals surface area contributed by atoms with Crippen molar-refractivity contribution in [2.45, 2.75) is 5.25 Å². The fourth-order valence-corrected chi connectivity index (χ4v) is 3.00. The number of benzene rings is 1. The zero-order valence-electron chi connectivity index (χ0n) is 10.1. The zero-order chi connectivity index (χ0) is 14.8. The van der Waals surface area contributed by atoms with Crippen LogP contribution in [0.2, 0.25) is 0 Å². The molecule has 0 spiro atoms. The highest BCUT2D eigenvalue weighted by Gasteiger charge is 2.35. The molecule has 1 amide bonds. The Hall–Kier alpha value is -1.97. The number of anilines is 2. The molecule has 7 nitrogen and oxygen atoms in total. The van der Waals surface area contributed by atoms with Crippen LogP contribution < -0.4 is 11.1 Å². The van der Waals surface area contributed by atoms with E-state index in [4.69, 9.17) is 5.73 Å². The minimum Gasteiger partial charge on any atom is -0.375 e. The molecule has 0 saturated carbocycles. The topological polar surface area (TPSA) is 122 Å². The van der Waals surface area contributed by atoms with Gasteiger partial charge in [0.15, 0.2) is 5.13 Å². The van der Waals surface area contributed by atoms with E-state index >= 15 is 0 Å². The molecule has 20 heavy (non-hydrogen) atoms. The first-order valence-electron chi connectivity index (χ1n) is 5.41. The number of nitrogen functional groups attached to an aromatic ring is 1. The van der Waals surface area contributed by atoms with Crippen LogP contribution >= 0.6 is 11.3 Å². The molecule has 1 atom stereocenters. The maximum atomic E-state index is 12.0. The highest BCUT2D eigenvalue weighted by atomic mass is 32.2. The number of carbonyl (C=O) groups is 1. The number of hydrogen-bond donors (Lipinski definition) is 3. The highest BCUT2D eigenvalue weighted by Crippen LogP contribution is 2.26. The molecule has 0 radical (unpaired) electrons. The Morgan fingerprint density at radius 1 is 1.35 bits per heavy atom. The number of hydrogen-bond acceptors (Lipinski definition) is 6. The molecule has 0 saturated heterocycles. The van der Waals surface area contributed by atoms with Crippen molar-refractivity contribution in [2.24, 2.45) is 0 Å². The van der Waals surface area contributed by atoms with Crippen LogP contribution in [-0.2, 0) is 14.9 Å². The summed E-state index contributed by atoms with van der Waals surface area (Å²) in [6.07, 6.45) is 0. The van der Waals surface area contributed by atoms with Gasteiger partial charge in [0.25, 0.3) is 16.0 Å². The van der Waals surface area contributed by atoms with Crippen LogP contribution in [0.3, 0.4) is 0 Å². The van der Waals surface area contributed by atoms with Gasteiger partial charge in [0.05, 0.1) is 5.69 Å². The molecule has 2 rings (SSSR count). The van der Waals surface area contributed by atoms with E-state index < -0.39 is 21.3 Å². The number of carbonyl (C=O) groups excluding carboxylic acids is 1. The summed E-state index contributed by atoms with van der Waals surface area (Å²) in [6.45, 7) is 0. The van der Waals surface area contributed by atoms with Crippen LogP contribution in [0.5, 0.6) is 0 Å². The molecule has 9 heteroatoms. The second-order valence-electron chi connectivity index (χ2n) is 3.86. The van der Waals surface area contributed by atoms with Crippen LogP contribution in [0.15, 0.2) is 35.7 Å². The first-order chi connectivity index (χ1) is 9.38. The van der Waals surface area contributed by atoms with Crippen LogP contribution in [0.4, 0.5) is 10.8 Å². The fourth-order valence-electron chi connectivity index (χ4n) is 1.57. The maximum absolute atomic E-state index is 12.0. The molecule has 1 aromatic carbocycles. The first-order valence-corrected chi connectivity index (χ1v) is 7.79. The number of amides is 1. The standard InChI is InChI=1S/C11H11N3O4S2/c12-11-14-8(6-19-11)9(20(16,17)18)10(15)13-7-4-2-1-3-5-7/h1-6,9H,(H2,12,14)(H,13,15)(H,16,17,18). The molecule has 1 aromatic heterocycles. The molecule has 1 heterocycles. The SMILES string of the molecule is Nc1nc(C(C(=O)Nc2ccccc2)S(=O)(=O)O)cs1. The first kappa shape index (κ1) is 14.4. The highest BCUT2D eigenvalue weighted by molar-refractivity contribution is 7.86. The summed E-state index contributed by atoms with van der Waals surface area (Å²) in [5, 5.41) is 2.02. The van der Waals surface area contributed by atoms with Crippen LogP contribution in [0.25, 0.3) is 0 Å². The molecule has 2 aromatic rings. The molecule has 106 valence electrons. The van der Waals surface area contributed by atoms with Crippen molar-refractivity contribution in [3.63, 3.8) is 0 Å². The third kappa shape index (κ3) is 3.32. The van der Waals surface area contributed by atoms with Crippen molar-refractivity contribution in [3.8, 4) is 0 Å². The van der Waals surface area contributed by atoms with Gasteiger partial charge in [-0.2, -0.15) is 8.42 Å². The molecule has 0 fully saturated rings. The largest absolute Gasteiger partial charge is 0.375 e. The van der Waals surface area contributed by atoms with Crippen molar-refractivity contribution in [2.75, 3.05) is 11.1 Å². The van der Waals surface area contributed by atoms with Gasteiger partial charge in [-0.15, -0.1) is 11.3 Å². The minimum absolute atomic E-state index is 0.108. The second-order valence-corrected chi connectivity index (χ2v) is 6.25. The summed E-state index contributed by atoms with van der Waals surface area (Å²) >= 11 is 0.984. The Labute approximate surface area is 119 Å². The van der Waals surface area contributed by atoms with Crippen LogP contribution in [-0.4, -0.2) is 23.9 Å². The van der Waals surface area contributed by atoms with E-state index in [1.54, 1.807) is 30.3 Å². The number of aromatic nitrogens is 1. The summed E-state index contributed by atoms with van der Waals surface area (Å²) < 4.78 is 32.0. The van der Waals surface area contributed by atoms with Gasteiger partial charge >= 0.3 is 0 Å². The molecule has 0 aliphatic heterocycles. The lowest BCUT2D eigenvalue weighted by Gasteiger charge is -2.12. The normalized spacial score (nSPS) is 12.8. The molecule has 0 aliphatic rings. The van der Waals surface area contributed by atoms with Crippen molar-refractivity contribution >= 4 is 38.2 Å². The van der Waals surface area contributed by atoms with E-state index in [9.17, 15) is 17.8 Å². The van der Waals surface area contributed by atoms with E-state index in [-0.39, 0.29) is 10.8 Å². The number of thiazole rings is 1. The quantitative estimate of drug-likeness (QED) is 0.731. The van der Waals surface area contributed by atoms with E-state index in [0.717, 1.165) is 11.3 Å². The van der Waals surface area contributed by atoms with Gasteiger partial charge in [0.1, 0.15) is 0 Å². The van der Waals surface area contributed by atoms with Crippen molar-refractivity contribution in [1.29, 1.82) is 0 Å². The van der Waals surface area contributed by atoms with Gasteiger partial charge < -0.3 is 11.1 Å². The summed E-state index contributed by atoms with van der Waals surface area (Å²) in [7, 11) is -4.65. The fraction of sp³-hybridized carbons (Fsp3) is 0.0909. The number of rotatable bonds is 4. The Balaban J connectivity index is 2.31. The summed E-state index contributed by atoms with van der Waals surface area (Å²) in [6, 6.07) is 8.29. The van der Waals surface area contributed by atoms with E-state index in [0.29, 0.717) is 5.69 Å². The smallest absolute Gasteiger partial charge is 0.282 e. The minimum atomic E-state index is -4.65. The number of nitrogens with one attached hydrogen (secondary N) is 1. The lowest BCUT2D eigenvalue weighted by Crippen LogP contribution is -2.27. The van der Waals surface area contributed by atoms with E-state index in [2.05, 4.69) is 10.3 Å². The van der Waals surface area contributed by atoms with Crippen molar-refractivity contribution in [1.82, 2.24) is 4.98 Å². The third-order valence-corrected chi connectivity index (χ3v) is 4.13. The average molecular weight is 313 g/mol. The lowest BCUT2D eigenvalue weighted by molar-refractivity contribution is -0.116. The van der Waals surface area contributed by atoms with Gasteiger partial charge in [-0.1, -0.05) is 18.2 Å². The summed E-state index contributed by atoms with van der Waals surface area (Å²) in [5.41, 5.74) is 5.72. The van der Waals surface area contributed by atoms with Crippen molar-refractivity contribution in [3.05, 3.63) is 41.4 Å². The number of para-hydroxylation sites is 1. The van der Waals surface area contributed by atoms with E-state index in [1.165, 1.54) is 5.38 Å². The molecular formula is C11H11N3O4S2. The molecule has 0 aliphatic carbocycles. The Kier molecular flexibility index (Phi) is 4.02. The van der Waals surface area contributed by atoms with E-state index in [1.807, 2.05) is 0 Å². The maximum Gasteiger partial charge on any atom is 0.282 e. The Bertz CT molecular complexity index is 712. The average Bonchev–Trinajstić information content (AvgIpc) is 2.75. The molecule has 4 N–H and O–H groups in total. The predicted octanol–water partition coefficient (Wildman–Crippen LogP) is 1.29. The Morgan fingerprint density at radius 3 is 2.50 bits per heavy atom. The molecular weight excluding hydrogens is 302 g/mol. The Morgan fingerprint density at radius 2 is 2.00 bits per heavy atom. The van der Waals surface area contributed by atoms with Crippen LogP contribution in [0, 0.1) is 0 Å². The summed E-state index contributed by atoms with van der Waals surface area (Å²) in [5.74, 6) is -0.899. The monoisotopic (exact) mass is 313 g/mol. The van der Waals surface area contributed by atoms with Gasteiger partial charge in [-0.3, -0.25) is 9.35 Å². The van der Waals surface area contributed by atoms with Gasteiger partial charge in [0, 0.05) is 11.1 Å². The third-order valence-electron chi connectivity index (χ3n) is 2.39. The van der Waals surface area contributed by atoms with Crippen molar-refractivity contribution < 1.29 is 17.8 Å². The van der Waals surface area contributed by atoms with Crippen LogP contribution in [0.1, 0.15) is 10.9 Å². The summed E-state index contributed by atoms with van der Waals surface area (Å²) in [4.78, 5) is 15.8. The number of nitrogens with two attached hydrogens (primary N) is 1. The molecule has 1 unspecified atom stereocenters.